The van der Waals surface area contributed by atoms with Crippen LogP contribution in [0, 0.1) is 0 Å². The number of rotatable bonds is 8. The van der Waals surface area contributed by atoms with Crippen molar-refractivity contribution in [2.24, 2.45) is 10.2 Å². The van der Waals surface area contributed by atoms with Crippen molar-refractivity contribution in [3.8, 4) is 0 Å². The predicted molar refractivity (Wildman–Crippen MR) is 112 cm³/mol. The van der Waals surface area contributed by atoms with Crippen LogP contribution in [0.1, 0.15) is 32.6 Å². The van der Waals surface area contributed by atoms with Gasteiger partial charge in [-0.15, -0.1) is 5.11 Å². The van der Waals surface area contributed by atoms with E-state index in [4.69, 9.17) is 11.6 Å². The minimum atomic E-state index is 0.698. The SMILES string of the molecule is CCCCCCNc1ccc(N=Nc2ccc(Cl)cc2)c2ccccc12. The Morgan fingerprint density at radius 1 is 0.808 bits per heavy atom. The van der Waals surface area contributed by atoms with Gasteiger partial charge in [-0.2, -0.15) is 5.11 Å². The number of fused-ring (bicyclic) bond motifs is 1. The Balaban J connectivity index is 1.79. The lowest BCUT2D eigenvalue weighted by atomic mass is 10.1. The first kappa shape index (κ1) is 18.4. The fourth-order valence-corrected chi connectivity index (χ4v) is 3.04. The second-order valence-corrected chi connectivity index (χ2v) is 6.78. The quantitative estimate of drug-likeness (QED) is 0.319. The third-order valence-electron chi connectivity index (χ3n) is 4.35. The zero-order valence-electron chi connectivity index (χ0n) is 15.1. The van der Waals surface area contributed by atoms with Gasteiger partial charge < -0.3 is 5.32 Å². The third-order valence-corrected chi connectivity index (χ3v) is 4.60. The molecule has 0 unspecified atom stereocenters. The Kier molecular flexibility index (Phi) is 6.62. The summed E-state index contributed by atoms with van der Waals surface area (Å²) in [7, 11) is 0. The summed E-state index contributed by atoms with van der Waals surface area (Å²) in [5.41, 5.74) is 2.81. The van der Waals surface area contributed by atoms with Gasteiger partial charge in [-0.3, -0.25) is 0 Å². The number of azo groups is 1. The first-order valence-corrected chi connectivity index (χ1v) is 9.58. The molecule has 0 amide bonds. The van der Waals surface area contributed by atoms with Crippen LogP contribution >= 0.6 is 11.6 Å². The normalized spacial score (nSPS) is 11.3. The summed E-state index contributed by atoms with van der Waals surface area (Å²) in [6.07, 6.45) is 5.03. The molecule has 3 rings (SSSR count). The van der Waals surface area contributed by atoms with Crippen molar-refractivity contribution in [1.82, 2.24) is 0 Å². The van der Waals surface area contributed by atoms with Gasteiger partial charge in [0.2, 0.25) is 0 Å². The van der Waals surface area contributed by atoms with E-state index >= 15 is 0 Å². The van der Waals surface area contributed by atoms with E-state index in [1.165, 1.54) is 31.1 Å². The highest BCUT2D eigenvalue weighted by atomic mass is 35.5. The summed E-state index contributed by atoms with van der Waals surface area (Å²) in [6, 6.07) is 19.8. The number of anilines is 1. The highest BCUT2D eigenvalue weighted by Gasteiger charge is 2.05. The van der Waals surface area contributed by atoms with Crippen LogP contribution in [0.2, 0.25) is 5.02 Å². The Labute approximate surface area is 160 Å². The van der Waals surface area contributed by atoms with Crippen molar-refractivity contribution in [1.29, 1.82) is 0 Å². The summed E-state index contributed by atoms with van der Waals surface area (Å²) in [6.45, 7) is 3.23. The summed E-state index contributed by atoms with van der Waals surface area (Å²) in [5.74, 6) is 0. The molecule has 4 heteroatoms. The molecule has 3 nitrogen and oxygen atoms in total. The molecule has 26 heavy (non-hydrogen) atoms. The van der Waals surface area contributed by atoms with Crippen LogP contribution in [0.15, 0.2) is 70.9 Å². The van der Waals surface area contributed by atoms with E-state index in [1.807, 2.05) is 36.4 Å². The van der Waals surface area contributed by atoms with Crippen molar-refractivity contribution >= 4 is 39.4 Å². The average molecular weight is 366 g/mol. The smallest absolute Gasteiger partial charge is 0.0936 e. The van der Waals surface area contributed by atoms with Crippen LogP contribution in [-0.4, -0.2) is 6.54 Å². The second-order valence-electron chi connectivity index (χ2n) is 6.34. The molecule has 0 heterocycles. The number of benzene rings is 3. The van der Waals surface area contributed by atoms with E-state index in [-0.39, 0.29) is 0 Å². The van der Waals surface area contributed by atoms with Gasteiger partial charge in [0.25, 0.3) is 0 Å². The molecule has 0 aliphatic carbocycles. The van der Waals surface area contributed by atoms with Crippen molar-refractivity contribution in [3.63, 3.8) is 0 Å². The molecule has 0 spiro atoms. The Morgan fingerprint density at radius 3 is 2.35 bits per heavy atom. The largest absolute Gasteiger partial charge is 0.385 e. The third kappa shape index (κ3) is 4.83. The molecule has 0 aliphatic heterocycles. The van der Waals surface area contributed by atoms with Crippen LogP contribution in [0.5, 0.6) is 0 Å². The van der Waals surface area contributed by atoms with E-state index in [0.717, 1.165) is 29.0 Å². The molecule has 1 N–H and O–H groups in total. The second kappa shape index (κ2) is 9.35. The highest BCUT2D eigenvalue weighted by molar-refractivity contribution is 6.30. The van der Waals surface area contributed by atoms with E-state index in [0.29, 0.717) is 5.02 Å². The molecule has 0 bridgehead atoms. The summed E-state index contributed by atoms with van der Waals surface area (Å²) < 4.78 is 0. The van der Waals surface area contributed by atoms with E-state index in [9.17, 15) is 0 Å². The summed E-state index contributed by atoms with van der Waals surface area (Å²) in [5, 5.41) is 15.3. The van der Waals surface area contributed by atoms with Gasteiger partial charge in [-0.1, -0.05) is 62.1 Å². The van der Waals surface area contributed by atoms with Gasteiger partial charge in [-0.25, -0.2) is 0 Å². The predicted octanol–water partition coefficient (Wildman–Crippen LogP) is 7.90. The van der Waals surface area contributed by atoms with Gasteiger partial charge in [0.1, 0.15) is 0 Å². The van der Waals surface area contributed by atoms with E-state index < -0.39 is 0 Å². The number of hydrogen-bond donors (Lipinski definition) is 1. The van der Waals surface area contributed by atoms with Crippen molar-refractivity contribution in [3.05, 3.63) is 65.7 Å². The number of unbranched alkanes of at least 4 members (excludes halogenated alkanes) is 3. The maximum atomic E-state index is 5.91. The molecule has 0 aromatic heterocycles. The Bertz CT molecular complexity index is 872. The number of nitrogens with zero attached hydrogens (tertiary/aromatic N) is 2. The molecule has 0 fully saturated rings. The Hall–Kier alpha value is -2.39. The monoisotopic (exact) mass is 365 g/mol. The molecule has 3 aromatic rings. The maximum absolute atomic E-state index is 5.91. The molecule has 0 aliphatic rings. The first-order valence-electron chi connectivity index (χ1n) is 9.21. The van der Waals surface area contributed by atoms with Crippen molar-refractivity contribution in [2.45, 2.75) is 32.6 Å². The van der Waals surface area contributed by atoms with Gasteiger partial charge in [0, 0.05) is 28.0 Å². The van der Waals surface area contributed by atoms with Crippen LogP contribution in [0.4, 0.5) is 17.1 Å². The lowest BCUT2D eigenvalue weighted by molar-refractivity contribution is 0.685. The van der Waals surface area contributed by atoms with E-state index in [2.05, 4.69) is 46.7 Å². The van der Waals surface area contributed by atoms with Gasteiger partial charge in [0.05, 0.1) is 11.4 Å². The van der Waals surface area contributed by atoms with Crippen molar-refractivity contribution in [2.75, 3.05) is 11.9 Å². The van der Waals surface area contributed by atoms with Crippen LogP contribution < -0.4 is 5.32 Å². The zero-order chi connectivity index (χ0) is 18.2. The molecule has 0 radical (unpaired) electrons. The molecule has 134 valence electrons. The van der Waals surface area contributed by atoms with Crippen LogP contribution in [0.25, 0.3) is 10.8 Å². The maximum Gasteiger partial charge on any atom is 0.0936 e. The summed E-state index contributed by atoms with van der Waals surface area (Å²) in [4.78, 5) is 0. The zero-order valence-corrected chi connectivity index (χ0v) is 15.8. The Morgan fingerprint density at radius 2 is 1.58 bits per heavy atom. The number of hydrogen-bond acceptors (Lipinski definition) is 3. The molecule has 0 saturated heterocycles. The van der Waals surface area contributed by atoms with Crippen LogP contribution in [0.3, 0.4) is 0 Å². The topological polar surface area (TPSA) is 36.8 Å². The molecular formula is C22H24ClN3. The van der Waals surface area contributed by atoms with Crippen molar-refractivity contribution < 1.29 is 0 Å². The number of nitrogens with one attached hydrogen (secondary N) is 1. The molecule has 0 atom stereocenters. The minimum absolute atomic E-state index is 0.698. The standard InChI is InChI=1S/C22H24ClN3/c1-2-3-4-7-16-24-21-14-15-22(20-9-6-5-8-19(20)21)26-25-18-12-10-17(23)11-13-18/h5-6,8-15,24H,2-4,7,16H2,1H3. The fourth-order valence-electron chi connectivity index (χ4n) is 2.92. The van der Waals surface area contributed by atoms with Gasteiger partial charge in [0.15, 0.2) is 0 Å². The first-order chi connectivity index (χ1) is 12.8. The lowest BCUT2D eigenvalue weighted by Crippen LogP contribution is -2.01. The minimum Gasteiger partial charge on any atom is -0.385 e. The lowest BCUT2D eigenvalue weighted by Gasteiger charge is -2.11. The van der Waals surface area contributed by atoms with E-state index in [1.54, 1.807) is 0 Å². The van der Waals surface area contributed by atoms with Gasteiger partial charge in [-0.05, 0) is 42.8 Å². The van der Waals surface area contributed by atoms with Crippen LogP contribution in [-0.2, 0) is 0 Å². The molecule has 0 saturated carbocycles. The molecular weight excluding hydrogens is 342 g/mol. The highest BCUT2D eigenvalue weighted by Crippen LogP contribution is 2.33. The fraction of sp³-hybridized carbons (Fsp3) is 0.273. The summed E-state index contributed by atoms with van der Waals surface area (Å²) >= 11 is 5.91. The number of halogens is 1. The molecule has 3 aromatic carbocycles. The van der Waals surface area contributed by atoms with Gasteiger partial charge >= 0.3 is 0 Å². The average Bonchev–Trinajstić information content (AvgIpc) is 2.68.